The molecule has 324 valence electrons. The average Bonchev–Trinajstić information content (AvgIpc) is 3.65. The van der Waals surface area contributed by atoms with E-state index >= 15 is 0 Å². The van der Waals surface area contributed by atoms with Gasteiger partial charge in [-0.05, 0) is 180 Å². The van der Waals surface area contributed by atoms with E-state index in [1.54, 1.807) is 27.1 Å². The Balaban J connectivity index is 1.03. The van der Waals surface area contributed by atoms with Gasteiger partial charge < -0.3 is 0 Å². The lowest BCUT2D eigenvalue weighted by molar-refractivity contribution is 0.641. The molecule has 9 aliphatic rings. The molecule has 0 saturated carbocycles. The van der Waals surface area contributed by atoms with Crippen LogP contribution in [0.15, 0.2) is 196 Å². The van der Waals surface area contributed by atoms with E-state index in [4.69, 9.17) is 0 Å². The maximum atomic E-state index is 2.77. The minimum atomic E-state index is -1.32. The fraction of sp³-hybridized carbons (Fsp3) is 0.212. The highest BCUT2D eigenvalue weighted by Crippen LogP contribution is 2.57. The van der Waals surface area contributed by atoms with Crippen molar-refractivity contribution in [3.63, 3.8) is 0 Å². The highest BCUT2D eigenvalue weighted by molar-refractivity contribution is 6.76. The smallest absolute Gasteiger partial charge is 0.0836 e. The Morgan fingerprint density at radius 3 is 2.46 bits per heavy atom. The van der Waals surface area contributed by atoms with Crippen molar-refractivity contribution in [2.45, 2.75) is 76.7 Å². The Kier molecular flexibility index (Phi) is 9.17. The molecule has 5 unspecified atom stereocenters. The molecular weight excluding hydrogens is 821 g/mol. The summed E-state index contributed by atoms with van der Waals surface area (Å²) in [6.45, 7) is 5.01. The molecule has 0 bridgehead atoms. The maximum absolute atomic E-state index is 2.77. The molecule has 0 N–H and O–H groups in total. The van der Waals surface area contributed by atoms with Gasteiger partial charge in [-0.15, -0.1) is 0 Å². The zero-order valence-electron chi connectivity index (χ0n) is 38.8. The minimum Gasteiger partial charge on any atom is -0.0836 e. The van der Waals surface area contributed by atoms with Crippen LogP contribution in [0.3, 0.4) is 0 Å². The maximum Gasteiger partial charge on any atom is 0.0962 e. The second-order valence-corrected chi connectivity index (χ2v) is 23.5. The second-order valence-electron chi connectivity index (χ2n) is 20.8. The van der Waals surface area contributed by atoms with Gasteiger partial charge in [0.1, 0.15) is 0 Å². The van der Waals surface area contributed by atoms with E-state index in [1.807, 2.05) is 0 Å². The third-order valence-electron chi connectivity index (χ3n) is 17.2. The summed E-state index contributed by atoms with van der Waals surface area (Å²) in [5.74, 6) is 1.36. The van der Waals surface area contributed by atoms with Gasteiger partial charge in [-0.1, -0.05) is 194 Å². The summed E-state index contributed by atoms with van der Waals surface area (Å²) in [4.78, 5) is 0. The molecule has 8 aliphatic carbocycles. The van der Waals surface area contributed by atoms with Gasteiger partial charge in [0.25, 0.3) is 0 Å². The summed E-state index contributed by atoms with van der Waals surface area (Å²) in [6.07, 6.45) is 45.7. The number of hydrogen-bond acceptors (Lipinski definition) is 0. The lowest BCUT2D eigenvalue weighted by Gasteiger charge is -2.40. The molecule has 1 aliphatic heterocycles. The molecule has 1 heteroatoms. The summed E-state index contributed by atoms with van der Waals surface area (Å²) in [5.41, 5.74) is 27.8. The molecule has 0 spiro atoms. The van der Waals surface area contributed by atoms with Gasteiger partial charge in [-0.3, -0.25) is 0 Å². The number of allylic oxidation sites excluding steroid dienone is 21. The van der Waals surface area contributed by atoms with E-state index in [2.05, 4.69) is 190 Å². The summed E-state index contributed by atoms with van der Waals surface area (Å²) < 4.78 is 0. The topological polar surface area (TPSA) is 0 Å². The predicted octanol–water partition coefficient (Wildman–Crippen LogP) is 16.4. The molecule has 5 atom stereocenters. The van der Waals surface area contributed by atoms with Crippen LogP contribution in [-0.2, 0) is 12.8 Å². The predicted molar refractivity (Wildman–Crippen MR) is 287 cm³/mol. The van der Waals surface area contributed by atoms with E-state index in [1.165, 1.54) is 113 Å². The van der Waals surface area contributed by atoms with Crippen LogP contribution in [0, 0.1) is 11.8 Å². The average molecular weight is 877 g/mol. The minimum absolute atomic E-state index is 0.195. The molecule has 0 radical (unpaired) electrons. The monoisotopic (exact) mass is 876 g/mol. The van der Waals surface area contributed by atoms with E-state index in [0.29, 0.717) is 11.8 Å². The number of hydrogen-bond donors (Lipinski definition) is 0. The molecule has 14 rings (SSSR count). The van der Waals surface area contributed by atoms with Crippen molar-refractivity contribution in [1.82, 2.24) is 0 Å². The van der Waals surface area contributed by atoms with Gasteiger partial charge in [-0.2, -0.15) is 0 Å². The molecule has 0 saturated heterocycles. The number of benzene rings is 5. The van der Waals surface area contributed by atoms with Crippen LogP contribution in [0.4, 0.5) is 0 Å². The number of fused-ring (bicyclic) bond motifs is 9. The lowest BCUT2D eigenvalue weighted by Crippen LogP contribution is -2.26. The van der Waals surface area contributed by atoms with Gasteiger partial charge in [-0.25, -0.2) is 0 Å². The van der Waals surface area contributed by atoms with Crippen LogP contribution in [-0.4, -0.2) is 8.80 Å². The first-order chi connectivity index (χ1) is 33.1. The van der Waals surface area contributed by atoms with Gasteiger partial charge in [0.05, 0.1) is 8.80 Å². The van der Waals surface area contributed by atoms with E-state index in [-0.39, 0.29) is 11.8 Å². The molecule has 67 heavy (non-hydrogen) atoms. The fourth-order valence-electron chi connectivity index (χ4n) is 14.0. The number of rotatable bonds is 4. The van der Waals surface area contributed by atoms with E-state index < -0.39 is 8.80 Å². The fourth-order valence-corrected chi connectivity index (χ4v) is 16.8. The molecule has 5 aromatic rings. The van der Waals surface area contributed by atoms with E-state index in [0.717, 1.165) is 38.5 Å². The third kappa shape index (κ3) is 6.16. The molecule has 1 heterocycles. The molecule has 0 nitrogen and oxygen atoms in total. The van der Waals surface area contributed by atoms with Crippen molar-refractivity contribution < 1.29 is 0 Å². The Morgan fingerprint density at radius 1 is 0.672 bits per heavy atom. The molecule has 0 amide bonds. The second kappa shape index (κ2) is 15.5. The van der Waals surface area contributed by atoms with Crippen LogP contribution < -0.4 is 0 Å². The van der Waals surface area contributed by atoms with Crippen LogP contribution in [0.25, 0.3) is 51.3 Å². The van der Waals surface area contributed by atoms with Gasteiger partial charge in [0.15, 0.2) is 0 Å². The Bertz CT molecular complexity index is 3440. The number of aryl methyl sites for hydroxylation is 1. The summed E-state index contributed by atoms with van der Waals surface area (Å²) in [7, 11) is -1.32. The lowest BCUT2D eigenvalue weighted by atomic mass is 9.63. The zero-order valence-corrected chi connectivity index (χ0v) is 39.9. The third-order valence-corrected chi connectivity index (χ3v) is 20.2. The van der Waals surface area contributed by atoms with Crippen LogP contribution in [0.1, 0.15) is 113 Å². The molecule has 0 fully saturated rings. The zero-order chi connectivity index (χ0) is 44.3. The Labute approximate surface area is 398 Å². The highest BCUT2D eigenvalue weighted by atomic mass is 28.3. The normalized spacial score (nSPS) is 24.9. The first kappa shape index (κ1) is 39.6. The highest BCUT2D eigenvalue weighted by Gasteiger charge is 2.43. The van der Waals surface area contributed by atoms with Crippen molar-refractivity contribution in [3.05, 3.63) is 252 Å². The van der Waals surface area contributed by atoms with Crippen molar-refractivity contribution in [2.75, 3.05) is 0 Å². The van der Waals surface area contributed by atoms with Crippen molar-refractivity contribution >= 4 is 48.9 Å². The van der Waals surface area contributed by atoms with E-state index in [9.17, 15) is 0 Å². The standard InChI is InChI=1S/C66H56Si/c1-40-14-13-19-45-36-48(30-32-50(40)45)65-56-33-31-49(64-54-23-9-7-21-52(54)63(53-22-8-10-24-55(53)64)46-28-26-41-15-3-5-17-43(41)34-46)37-58(56)66(47-29-27-42-16-4-6-18-44(42)35-47)60-39-62-57(38-59(60)65)51-20-11-12-25-61(51)67(62)2/h3-7,9-11,13,15-21,23-24,27,29-34,36-40,44,59,65,67H,8,12,14,22,25-26,28,35H2,1-2H3. The first-order valence-electron chi connectivity index (χ1n) is 25.4. The Morgan fingerprint density at radius 2 is 1.52 bits per heavy atom. The van der Waals surface area contributed by atoms with Gasteiger partial charge in [0.2, 0.25) is 0 Å². The van der Waals surface area contributed by atoms with Crippen LogP contribution >= 0.6 is 0 Å². The molecular formula is C66H56Si. The largest absolute Gasteiger partial charge is 0.0962 e. The SMILES string of the molecule is CC1CC=Cc2cc(C3c4ccc(-c5c6c(c(C7=Cc8ccccc8CC7)c7ccccc57)CCC=C6)cc4C(C4=CC=C5C=CC=CC5C4)=C4C=C5C(=CC43)C3=C(CCC=C3)[SiH]5C)ccc21. The quantitative estimate of drug-likeness (QED) is 0.158. The van der Waals surface area contributed by atoms with Crippen molar-refractivity contribution in [2.24, 2.45) is 11.8 Å². The summed E-state index contributed by atoms with van der Waals surface area (Å²) >= 11 is 0. The van der Waals surface area contributed by atoms with Gasteiger partial charge in [0, 0.05) is 17.8 Å². The van der Waals surface area contributed by atoms with Crippen LogP contribution in [0.5, 0.6) is 0 Å². The molecule has 5 aromatic carbocycles. The first-order valence-corrected chi connectivity index (χ1v) is 27.7. The van der Waals surface area contributed by atoms with Crippen molar-refractivity contribution in [1.29, 1.82) is 0 Å². The Hall–Kier alpha value is -6.54. The summed E-state index contributed by atoms with van der Waals surface area (Å²) in [6, 6.07) is 33.7. The van der Waals surface area contributed by atoms with Crippen molar-refractivity contribution in [3.8, 4) is 11.1 Å². The summed E-state index contributed by atoms with van der Waals surface area (Å²) in [5, 5.41) is 6.20. The van der Waals surface area contributed by atoms with Crippen LogP contribution in [0.2, 0.25) is 6.55 Å². The molecule has 0 aromatic heterocycles. The van der Waals surface area contributed by atoms with Gasteiger partial charge >= 0.3 is 0 Å².